The van der Waals surface area contributed by atoms with Crippen molar-refractivity contribution in [3.63, 3.8) is 0 Å². The quantitative estimate of drug-likeness (QED) is 0.339. The summed E-state index contributed by atoms with van der Waals surface area (Å²) < 4.78 is 43.4. The normalized spacial score (nSPS) is 16.4. The van der Waals surface area contributed by atoms with E-state index in [0.717, 1.165) is 35.9 Å². The number of H-pyrrole nitrogens is 1. The van der Waals surface area contributed by atoms with Crippen LogP contribution in [0.5, 0.6) is 0 Å². The van der Waals surface area contributed by atoms with Crippen LogP contribution in [0.4, 0.5) is 13.2 Å². The van der Waals surface area contributed by atoms with E-state index >= 15 is 0 Å². The molecule has 190 valence electrons. The van der Waals surface area contributed by atoms with Gasteiger partial charge in [-0.15, -0.1) is 10.2 Å². The minimum atomic E-state index is -4.57. The summed E-state index contributed by atoms with van der Waals surface area (Å²) in [5.41, 5.74) is 2.17. The molecule has 1 fully saturated rings. The number of nitrogens with one attached hydrogen (secondary N) is 2. The molecular formula is C26H30F3N7. The minimum Gasteiger partial charge on any atom is -0.320 e. The first-order valence-corrected chi connectivity index (χ1v) is 12.3. The standard InChI is InChI=1S/C26H30F3N7/c1-14(2)31-15(3)22-24-19(12-20(32-22)26(27,28)29)23(33-34-24)18-10-6-9-17(11-18)21(16-7-5-8-16)25-35-30-13-36(25)4/h6,9-16,21,31H,5,7-8H2,1-4H3,(H,33,34)/t15-,21+/m0/s1. The summed E-state index contributed by atoms with van der Waals surface area (Å²) in [6.07, 6.45) is 0.528. The van der Waals surface area contributed by atoms with Gasteiger partial charge in [-0.3, -0.25) is 5.10 Å². The predicted octanol–water partition coefficient (Wildman–Crippen LogP) is 5.76. The van der Waals surface area contributed by atoms with Gasteiger partial charge in [0.1, 0.15) is 23.5 Å². The number of rotatable bonds is 7. The Labute approximate surface area is 207 Å². The second-order valence-electron chi connectivity index (χ2n) is 10.0. The van der Waals surface area contributed by atoms with Crippen LogP contribution in [0.15, 0.2) is 36.7 Å². The fourth-order valence-electron chi connectivity index (χ4n) is 5.16. The van der Waals surface area contributed by atoms with Gasteiger partial charge in [-0.1, -0.05) is 38.5 Å². The summed E-state index contributed by atoms with van der Waals surface area (Å²) >= 11 is 0. The molecule has 0 spiro atoms. The average molecular weight is 498 g/mol. The van der Waals surface area contributed by atoms with Crippen molar-refractivity contribution in [2.75, 3.05) is 0 Å². The lowest BCUT2D eigenvalue weighted by Gasteiger charge is -2.33. The smallest absolute Gasteiger partial charge is 0.320 e. The van der Waals surface area contributed by atoms with E-state index in [1.54, 1.807) is 6.33 Å². The number of halogens is 3. The van der Waals surface area contributed by atoms with Crippen LogP contribution in [0.2, 0.25) is 0 Å². The molecule has 3 aromatic heterocycles. The van der Waals surface area contributed by atoms with Gasteiger partial charge in [-0.05, 0) is 43.4 Å². The molecule has 1 saturated carbocycles. The molecule has 0 aliphatic heterocycles. The van der Waals surface area contributed by atoms with Crippen molar-refractivity contribution >= 4 is 10.9 Å². The Bertz CT molecular complexity index is 1370. The van der Waals surface area contributed by atoms with Crippen LogP contribution in [0, 0.1) is 5.92 Å². The second kappa shape index (κ2) is 9.31. The molecule has 10 heteroatoms. The fraction of sp³-hybridized carbons (Fsp3) is 0.462. The van der Waals surface area contributed by atoms with Gasteiger partial charge in [-0.2, -0.15) is 18.3 Å². The minimum absolute atomic E-state index is 0.0645. The topological polar surface area (TPSA) is 84.3 Å². The number of aryl methyl sites for hydroxylation is 1. The van der Waals surface area contributed by atoms with Crippen molar-refractivity contribution in [1.29, 1.82) is 0 Å². The third kappa shape index (κ3) is 4.50. The van der Waals surface area contributed by atoms with Crippen molar-refractivity contribution in [2.45, 2.75) is 64.2 Å². The second-order valence-corrected chi connectivity index (χ2v) is 10.0. The molecule has 4 aromatic rings. The number of hydrogen-bond acceptors (Lipinski definition) is 5. The van der Waals surface area contributed by atoms with Crippen molar-refractivity contribution in [3.05, 3.63) is 59.4 Å². The zero-order chi connectivity index (χ0) is 25.6. The number of aromatic nitrogens is 6. The predicted molar refractivity (Wildman–Crippen MR) is 131 cm³/mol. The van der Waals surface area contributed by atoms with E-state index in [2.05, 4.69) is 36.8 Å². The molecule has 0 bridgehead atoms. The van der Waals surface area contributed by atoms with E-state index in [1.165, 1.54) is 6.42 Å². The van der Waals surface area contributed by atoms with Crippen molar-refractivity contribution in [1.82, 2.24) is 35.3 Å². The van der Waals surface area contributed by atoms with Gasteiger partial charge in [0, 0.05) is 36.0 Å². The summed E-state index contributed by atoms with van der Waals surface area (Å²) in [6, 6.07) is 8.68. The highest BCUT2D eigenvalue weighted by Gasteiger charge is 2.35. The molecule has 5 rings (SSSR count). The Morgan fingerprint density at radius 3 is 2.53 bits per heavy atom. The molecular weight excluding hydrogens is 467 g/mol. The van der Waals surface area contributed by atoms with Crippen molar-refractivity contribution in [3.8, 4) is 11.3 Å². The highest BCUT2D eigenvalue weighted by molar-refractivity contribution is 5.94. The molecule has 1 aromatic carbocycles. The van der Waals surface area contributed by atoms with Crippen molar-refractivity contribution in [2.24, 2.45) is 13.0 Å². The first-order chi connectivity index (χ1) is 17.1. The van der Waals surface area contributed by atoms with Gasteiger partial charge in [-0.25, -0.2) is 4.98 Å². The number of alkyl halides is 3. The fourth-order valence-corrected chi connectivity index (χ4v) is 5.16. The van der Waals surface area contributed by atoms with Crippen molar-refractivity contribution < 1.29 is 13.2 Å². The van der Waals surface area contributed by atoms with E-state index in [0.29, 0.717) is 28.2 Å². The molecule has 36 heavy (non-hydrogen) atoms. The Morgan fingerprint density at radius 1 is 1.14 bits per heavy atom. The maximum Gasteiger partial charge on any atom is 0.433 e. The monoisotopic (exact) mass is 497 g/mol. The zero-order valence-corrected chi connectivity index (χ0v) is 20.8. The lowest BCUT2D eigenvalue weighted by Crippen LogP contribution is -2.27. The van der Waals surface area contributed by atoms with E-state index in [4.69, 9.17) is 0 Å². The van der Waals surface area contributed by atoms with Crippen LogP contribution in [0.3, 0.4) is 0 Å². The Kier molecular flexibility index (Phi) is 6.32. The van der Waals surface area contributed by atoms with Crippen LogP contribution in [0.1, 0.15) is 74.8 Å². The molecule has 2 atom stereocenters. The first kappa shape index (κ1) is 24.4. The summed E-state index contributed by atoms with van der Waals surface area (Å²) in [5, 5.41) is 19.6. The van der Waals surface area contributed by atoms with Crippen LogP contribution < -0.4 is 5.32 Å². The number of pyridine rings is 1. The Hall–Kier alpha value is -3.27. The highest BCUT2D eigenvalue weighted by atomic mass is 19.4. The first-order valence-electron chi connectivity index (χ1n) is 12.3. The Morgan fingerprint density at radius 2 is 1.92 bits per heavy atom. The highest BCUT2D eigenvalue weighted by Crippen LogP contribution is 2.43. The lowest BCUT2D eigenvalue weighted by molar-refractivity contribution is -0.141. The summed E-state index contributed by atoms with van der Waals surface area (Å²) in [4.78, 5) is 3.99. The molecule has 2 N–H and O–H groups in total. The third-order valence-electron chi connectivity index (χ3n) is 7.03. The molecule has 0 amide bonds. The van der Waals surface area contributed by atoms with Gasteiger partial charge in [0.25, 0.3) is 0 Å². The van der Waals surface area contributed by atoms with Crippen LogP contribution in [-0.2, 0) is 13.2 Å². The number of nitrogens with zero attached hydrogens (tertiary/aromatic N) is 5. The molecule has 0 saturated heterocycles. The van der Waals surface area contributed by atoms with E-state index in [-0.39, 0.29) is 12.0 Å². The maximum absolute atomic E-state index is 13.8. The summed E-state index contributed by atoms with van der Waals surface area (Å²) in [5.74, 6) is 1.41. The zero-order valence-electron chi connectivity index (χ0n) is 20.8. The lowest BCUT2D eigenvalue weighted by atomic mass is 9.72. The van der Waals surface area contributed by atoms with Gasteiger partial charge in [0.15, 0.2) is 0 Å². The Balaban J connectivity index is 1.63. The average Bonchev–Trinajstić information content (AvgIpc) is 3.40. The molecule has 3 heterocycles. The maximum atomic E-state index is 13.8. The number of benzene rings is 1. The largest absolute Gasteiger partial charge is 0.433 e. The summed E-state index contributed by atoms with van der Waals surface area (Å²) in [7, 11) is 1.94. The SMILES string of the molecule is CC(C)N[C@@H](C)c1nc(C(F)(F)F)cc2c(-c3cccc([C@H](c4nncn4C)C4CCC4)c3)n[nH]c12. The molecule has 1 aliphatic carbocycles. The van der Waals surface area contributed by atoms with Gasteiger partial charge in [0.05, 0.1) is 11.2 Å². The van der Waals surface area contributed by atoms with E-state index < -0.39 is 17.9 Å². The van der Waals surface area contributed by atoms with E-state index in [9.17, 15) is 13.2 Å². The molecule has 7 nitrogen and oxygen atoms in total. The van der Waals surface area contributed by atoms with Crippen LogP contribution in [-0.4, -0.2) is 36.0 Å². The summed E-state index contributed by atoms with van der Waals surface area (Å²) in [6.45, 7) is 5.70. The number of hydrogen-bond donors (Lipinski definition) is 2. The molecule has 0 unspecified atom stereocenters. The van der Waals surface area contributed by atoms with E-state index in [1.807, 2.05) is 50.6 Å². The van der Waals surface area contributed by atoms with Gasteiger partial charge in [0.2, 0.25) is 0 Å². The van der Waals surface area contributed by atoms with Crippen LogP contribution >= 0.6 is 0 Å². The third-order valence-corrected chi connectivity index (χ3v) is 7.03. The van der Waals surface area contributed by atoms with Gasteiger partial charge >= 0.3 is 6.18 Å². The van der Waals surface area contributed by atoms with Crippen LogP contribution in [0.25, 0.3) is 22.2 Å². The number of aromatic amines is 1. The number of fused-ring (bicyclic) bond motifs is 1. The van der Waals surface area contributed by atoms with Gasteiger partial charge < -0.3 is 9.88 Å². The molecule has 1 aliphatic rings. The molecule has 0 radical (unpaired) electrons.